The van der Waals surface area contributed by atoms with E-state index in [1.54, 1.807) is 13.8 Å². The summed E-state index contributed by atoms with van der Waals surface area (Å²) in [5, 5.41) is 19.8. The molecule has 0 saturated heterocycles. The quantitative estimate of drug-likeness (QED) is 0.373. The van der Waals surface area contributed by atoms with Gasteiger partial charge in [0.1, 0.15) is 0 Å². The van der Waals surface area contributed by atoms with Gasteiger partial charge in [-0.3, -0.25) is 14.9 Å². The maximum atomic E-state index is 11.4. The Morgan fingerprint density at radius 1 is 1.53 bits per heavy atom. The van der Waals surface area contributed by atoms with Gasteiger partial charge >= 0.3 is 11.7 Å². The number of esters is 1. The number of rotatable bonds is 4. The van der Waals surface area contributed by atoms with Crippen LogP contribution in [-0.4, -0.2) is 16.0 Å². The molecule has 0 amide bonds. The lowest BCUT2D eigenvalue weighted by Gasteiger charge is -2.10. The standard InChI is InChI=1S/C11H13NO5/c1-7(2)11(14)17-10-8(6-13)4-3-5-9(10)12(15)16/h3-5,7,13H,6H2,1-2H3. The first-order valence-corrected chi connectivity index (χ1v) is 5.06. The number of hydrogen-bond donors (Lipinski definition) is 1. The molecule has 6 nitrogen and oxygen atoms in total. The maximum Gasteiger partial charge on any atom is 0.314 e. The maximum absolute atomic E-state index is 11.4. The van der Waals surface area contributed by atoms with Crippen LogP contribution in [0.3, 0.4) is 0 Å². The average Bonchev–Trinajstić information content (AvgIpc) is 2.28. The molecule has 0 aliphatic rings. The summed E-state index contributed by atoms with van der Waals surface area (Å²) in [6, 6.07) is 4.12. The van der Waals surface area contributed by atoms with Gasteiger partial charge in [-0.25, -0.2) is 0 Å². The van der Waals surface area contributed by atoms with Crippen molar-refractivity contribution in [3.63, 3.8) is 0 Å². The van der Waals surface area contributed by atoms with Crippen LogP contribution in [0.2, 0.25) is 0 Å². The van der Waals surface area contributed by atoms with Crippen molar-refractivity contribution in [1.29, 1.82) is 0 Å². The number of carbonyl (C=O) groups excluding carboxylic acids is 1. The average molecular weight is 239 g/mol. The first-order chi connectivity index (χ1) is 7.97. The smallest absolute Gasteiger partial charge is 0.314 e. The van der Waals surface area contributed by atoms with Gasteiger partial charge in [-0.05, 0) is 0 Å². The number of aliphatic hydroxyl groups excluding tert-OH is 1. The molecule has 0 radical (unpaired) electrons. The molecule has 1 aromatic rings. The van der Waals surface area contributed by atoms with E-state index in [-0.39, 0.29) is 17.0 Å². The van der Waals surface area contributed by atoms with Gasteiger partial charge < -0.3 is 9.84 Å². The summed E-state index contributed by atoms with van der Waals surface area (Å²) in [6.45, 7) is 2.81. The summed E-state index contributed by atoms with van der Waals surface area (Å²) in [5.74, 6) is -1.16. The number of carbonyl (C=O) groups is 1. The summed E-state index contributed by atoms with van der Waals surface area (Å²) >= 11 is 0. The van der Waals surface area contributed by atoms with Crippen molar-refractivity contribution < 1.29 is 19.6 Å². The van der Waals surface area contributed by atoms with Crippen LogP contribution in [0.4, 0.5) is 5.69 Å². The molecule has 1 N–H and O–H groups in total. The topological polar surface area (TPSA) is 89.7 Å². The van der Waals surface area contributed by atoms with Crippen molar-refractivity contribution in [3.05, 3.63) is 33.9 Å². The molecule has 0 bridgehead atoms. The third-order valence-electron chi connectivity index (χ3n) is 2.12. The van der Waals surface area contributed by atoms with Crippen LogP contribution < -0.4 is 4.74 Å². The van der Waals surface area contributed by atoms with E-state index in [4.69, 9.17) is 9.84 Å². The van der Waals surface area contributed by atoms with Gasteiger partial charge in [-0.1, -0.05) is 26.0 Å². The molecule has 0 saturated carbocycles. The highest BCUT2D eigenvalue weighted by molar-refractivity contribution is 5.76. The SMILES string of the molecule is CC(C)C(=O)Oc1c(CO)cccc1[N+](=O)[O-]. The normalized spacial score (nSPS) is 10.4. The number of ether oxygens (including phenoxy) is 1. The number of hydrogen-bond acceptors (Lipinski definition) is 5. The summed E-state index contributed by atoms with van der Waals surface area (Å²) in [5.41, 5.74) is -0.112. The lowest BCUT2D eigenvalue weighted by Crippen LogP contribution is -2.16. The van der Waals surface area contributed by atoms with Crippen LogP contribution >= 0.6 is 0 Å². The van der Waals surface area contributed by atoms with Gasteiger partial charge in [0.25, 0.3) is 0 Å². The fourth-order valence-corrected chi connectivity index (χ4v) is 1.18. The number of para-hydroxylation sites is 1. The number of nitrogens with zero attached hydrogens (tertiary/aromatic N) is 1. The Bertz CT molecular complexity index is 441. The monoisotopic (exact) mass is 239 g/mol. The van der Waals surface area contributed by atoms with Crippen molar-refractivity contribution in [2.24, 2.45) is 5.92 Å². The second kappa shape index (κ2) is 5.40. The van der Waals surface area contributed by atoms with Gasteiger partial charge in [0.15, 0.2) is 0 Å². The van der Waals surface area contributed by atoms with Gasteiger partial charge in [0, 0.05) is 11.6 Å². The van der Waals surface area contributed by atoms with Gasteiger partial charge in [-0.2, -0.15) is 0 Å². The zero-order chi connectivity index (χ0) is 13.0. The highest BCUT2D eigenvalue weighted by Gasteiger charge is 2.22. The Labute approximate surface area is 98.0 Å². The van der Waals surface area contributed by atoms with E-state index in [2.05, 4.69) is 0 Å². The summed E-state index contributed by atoms with van der Waals surface area (Å²) in [7, 11) is 0. The van der Waals surface area contributed by atoms with Crippen molar-refractivity contribution in [1.82, 2.24) is 0 Å². The van der Waals surface area contributed by atoms with Crippen LogP contribution in [0.1, 0.15) is 19.4 Å². The molecule has 1 aromatic carbocycles. The summed E-state index contributed by atoms with van der Waals surface area (Å²) < 4.78 is 4.95. The Hall–Kier alpha value is -1.95. The minimum absolute atomic E-state index is 0.182. The number of nitro groups is 1. The highest BCUT2D eigenvalue weighted by atomic mass is 16.6. The molecule has 0 unspecified atom stereocenters. The van der Waals surface area contributed by atoms with Crippen molar-refractivity contribution in [2.75, 3.05) is 0 Å². The first-order valence-electron chi connectivity index (χ1n) is 5.06. The Balaban J connectivity index is 3.18. The van der Waals surface area contributed by atoms with Crippen molar-refractivity contribution in [3.8, 4) is 5.75 Å². The first kappa shape index (κ1) is 13.1. The number of benzene rings is 1. The van der Waals surface area contributed by atoms with E-state index in [0.29, 0.717) is 0 Å². The Kier molecular flexibility index (Phi) is 4.17. The van der Waals surface area contributed by atoms with Crippen LogP contribution in [0.15, 0.2) is 18.2 Å². The molecule has 0 atom stereocenters. The van der Waals surface area contributed by atoms with E-state index in [1.165, 1.54) is 18.2 Å². The van der Waals surface area contributed by atoms with E-state index >= 15 is 0 Å². The minimum atomic E-state index is -0.651. The molecule has 0 spiro atoms. The third kappa shape index (κ3) is 3.01. The van der Waals surface area contributed by atoms with Crippen LogP contribution in [0.25, 0.3) is 0 Å². The molecule has 0 fully saturated rings. The predicted molar refractivity (Wildman–Crippen MR) is 59.5 cm³/mol. The molecule has 0 aliphatic heterocycles. The Morgan fingerprint density at radius 2 is 2.18 bits per heavy atom. The molecular formula is C11H13NO5. The molecule has 0 aliphatic carbocycles. The lowest BCUT2D eigenvalue weighted by molar-refractivity contribution is -0.385. The fraction of sp³-hybridized carbons (Fsp3) is 0.364. The molecule has 17 heavy (non-hydrogen) atoms. The van der Waals surface area contributed by atoms with Crippen LogP contribution in [-0.2, 0) is 11.4 Å². The highest BCUT2D eigenvalue weighted by Crippen LogP contribution is 2.31. The number of nitro benzene ring substituents is 1. The Morgan fingerprint density at radius 3 is 2.65 bits per heavy atom. The van der Waals surface area contributed by atoms with E-state index in [0.717, 1.165) is 0 Å². The lowest BCUT2D eigenvalue weighted by atomic mass is 10.1. The van der Waals surface area contributed by atoms with E-state index < -0.39 is 23.4 Å². The molecular weight excluding hydrogens is 226 g/mol. The summed E-state index contributed by atoms with van der Waals surface area (Å²) in [4.78, 5) is 21.6. The number of aliphatic hydroxyl groups is 1. The van der Waals surface area contributed by atoms with E-state index in [9.17, 15) is 14.9 Å². The second-order valence-corrected chi connectivity index (χ2v) is 3.76. The largest absolute Gasteiger partial charge is 0.419 e. The molecule has 6 heteroatoms. The van der Waals surface area contributed by atoms with E-state index in [1.807, 2.05) is 0 Å². The van der Waals surface area contributed by atoms with Crippen LogP contribution in [0, 0.1) is 16.0 Å². The zero-order valence-electron chi connectivity index (χ0n) is 9.54. The van der Waals surface area contributed by atoms with Gasteiger partial charge in [0.2, 0.25) is 5.75 Å². The second-order valence-electron chi connectivity index (χ2n) is 3.76. The molecule has 0 heterocycles. The molecule has 92 valence electrons. The molecule has 1 rings (SSSR count). The van der Waals surface area contributed by atoms with Crippen molar-refractivity contribution >= 4 is 11.7 Å². The summed E-state index contributed by atoms with van der Waals surface area (Å²) in [6.07, 6.45) is 0. The predicted octanol–water partition coefficient (Wildman–Crippen LogP) is 1.65. The third-order valence-corrected chi connectivity index (χ3v) is 2.12. The van der Waals surface area contributed by atoms with Crippen LogP contribution in [0.5, 0.6) is 5.75 Å². The fourth-order valence-electron chi connectivity index (χ4n) is 1.18. The minimum Gasteiger partial charge on any atom is -0.419 e. The molecule has 0 aromatic heterocycles. The van der Waals surface area contributed by atoms with Gasteiger partial charge in [0.05, 0.1) is 17.4 Å². The van der Waals surface area contributed by atoms with Crippen molar-refractivity contribution in [2.45, 2.75) is 20.5 Å². The zero-order valence-corrected chi connectivity index (χ0v) is 9.54. The van der Waals surface area contributed by atoms with Gasteiger partial charge in [-0.15, -0.1) is 0 Å².